The van der Waals surface area contributed by atoms with Crippen LogP contribution in [0.4, 0.5) is 4.39 Å². The summed E-state index contributed by atoms with van der Waals surface area (Å²) in [5.41, 5.74) is 0.840. The quantitative estimate of drug-likeness (QED) is 0.536. The molecule has 1 aromatic carbocycles. The van der Waals surface area contributed by atoms with Crippen LogP contribution in [0.25, 0.3) is 0 Å². The summed E-state index contributed by atoms with van der Waals surface area (Å²) >= 11 is 0. The van der Waals surface area contributed by atoms with E-state index in [1.165, 1.54) is 6.07 Å². The third-order valence-corrected chi connectivity index (χ3v) is 4.89. The number of halogens is 1. The number of nitrogens with zero attached hydrogens (tertiary/aromatic N) is 1. The Balaban J connectivity index is 0.000000626. The van der Waals surface area contributed by atoms with Crippen molar-refractivity contribution in [3.05, 3.63) is 35.1 Å². The number of benzene rings is 1. The van der Waals surface area contributed by atoms with Gasteiger partial charge in [0.25, 0.3) is 12.9 Å². The number of hydrogen-bond acceptors (Lipinski definition) is 6. The van der Waals surface area contributed by atoms with Gasteiger partial charge >= 0.3 is 5.97 Å². The van der Waals surface area contributed by atoms with E-state index in [1.807, 2.05) is 4.90 Å². The van der Waals surface area contributed by atoms with E-state index in [1.54, 1.807) is 19.1 Å². The summed E-state index contributed by atoms with van der Waals surface area (Å²) in [4.78, 5) is 30.6. The van der Waals surface area contributed by atoms with Crippen LogP contribution in [0.5, 0.6) is 0 Å². The zero-order valence-electron chi connectivity index (χ0n) is 16.2. The summed E-state index contributed by atoms with van der Waals surface area (Å²) in [6.07, 6.45) is 1.77. The maximum Gasteiger partial charge on any atom is 0.325 e. The predicted molar refractivity (Wildman–Crippen MR) is 101 cm³/mol. The fourth-order valence-corrected chi connectivity index (χ4v) is 3.63. The number of ether oxygens (including phenoxy) is 1. The molecule has 0 amide bonds. The molecule has 1 unspecified atom stereocenters. The summed E-state index contributed by atoms with van der Waals surface area (Å²) in [6, 6.07) is 3.80. The second kappa shape index (κ2) is 12.1. The first-order chi connectivity index (χ1) is 13.8. The normalized spacial score (nSPS) is 19.0. The average Bonchev–Trinajstić information content (AvgIpc) is 2.67. The number of piperidine rings is 1. The van der Waals surface area contributed by atoms with Gasteiger partial charge in [-0.3, -0.25) is 19.3 Å². The third-order valence-electron chi connectivity index (χ3n) is 4.89. The zero-order chi connectivity index (χ0) is 21.9. The highest BCUT2D eigenvalue weighted by Gasteiger charge is 2.41. The van der Waals surface area contributed by atoms with E-state index in [0.717, 1.165) is 25.9 Å². The standard InChI is InChI=1S/C17H23FN2O3.2CH2O2/c1-12-10-13(2-3-14(12)18)15(16(21)22)20-8-9-23-17(11-20)4-6-19-7-5-17;2*2-1-3/h2-3,10,15,19H,4-9,11H2,1H3,(H,21,22);2*1H,(H,2,3). The van der Waals surface area contributed by atoms with Crippen LogP contribution in [0.2, 0.25) is 0 Å². The first-order valence-corrected chi connectivity index (χ1v) is 9.07. The third kappa shape index (κ3) is 7.08. The van der Waals surface area contributed by atoms with Crippen LogP contribution in [0.1, 0.15) is 30.0 Å². The molecule has 0 bridgehead atoms. The Morgan fingerprint density at radius 3 is 2.38 bits per heavy atom. The molecule has 162 valence electrons. The van der Waals surface area contributed by atoms with E-state index in [2.05, 4.69) is 5.32 Å². The average molecular weight is 414 g/mol. The summed E-state index contributed by atoms with van der Waals surface area (Å²) < 4.78 is 19.5. The van der Waals surface area contributed by atoms with Gasteiger partial charge in [0.05, 0.1) is 12.2 Å². The lowest BCUT2D eigenvalue weighted by molar-refractivity contribution is -0.158. The minimum Gasteiger partial charge on any atom is -0.483 e. The van der Waals surface area contributed by atoms with Gasteiger partial charge in [-0.05, 0) is 50.0 Å². The number of carbonyl (C=O) groups is 3. The number of hydrogen-bond donors (Lipinski definition) is 4. The molecule has 2 aliphatic rings. The molecule has 0 radical (unpaired) electrons. The van der Waals surface area contributed by atoms with E-state index in [4.69, 9.17) is 24.5 Å². The molecule has 0 aliphatic carbocycles. The van der Waals surface area contributed by atoms with E-state index in [0.29, 0.717) is 30.8 Å². The van der Waals surface area contributed by atoms with Gasteiger partial charge in [-0.25, -0.2) is 4.39 Å². The molecule has 29 heavy (non-hydrogen) atoms. The SMILES string of the molecule is Cc1cc(C(C(=O)O)N2CCOC3(CCNCC3)C2)ccc1F.O=CO.O=CO. The second-order valence-corrected chi connectivity index (χ2v) is 6.71. The Bertz CT molecular complexity index is 669. The van der Waals surface area contributed by atoms with Crippen LogP contribution in [0.3, 0.4) is 0 Å². The minimum absolute atomic E-state index is 0.250. The van der Waals surface area contributed by atoms with E-state index < -0.39 is 12.0 Å². The maximum atomic E-state index is 13.5. The molecular formula is C19H27FN2O7. The number of morpholine rings is 1. The van der Waals surface area contributed by atoms with Gasteiger partial charge in [-0.2, -0.15) is 0 Å². The monoisotopic (exact) mass is 414 g/mol. The molecule has 3 rings (SSSR count). The van der Waals surface area contributed by atoms with Gasteiger partial charge in [-0.1, -0.05) is 12.1 Å². The fourth-order valence-electron chi connectivity index (χ4n) is 3.63. The Kier molecular flexibility index (Phi) is 10.2. The van der Waals surface area contributed by atoms with Crippen molar-refractivity contribution >= 4 is 18.9 Å². The Hall–Kier alpha value is -2.56. The Labute approximate surface area is 168 Å². The fraction of sp³-hybridized carbons (Fsp3) is 0.526. The van der Waals surface area contributed by atoms with E-state index in [-0.39, 0.29) is 24.4 Å². The Morgan fingerprint density at radius 2 is 1.86 bits per heavy atom. The lowest BCUT2D eigenvalue weighted by atomic mass is 9.89. The molecule has 0 saturated carbocycles. The summed E-state index contributed by atoms with van der Waals surface area (Å²) in [5, 5.41) is 26.8. The number of carboxylic acids is 1. The smallest absolute Gasteiger partial charge is 0.325 e. The lowest BCUT2D eigenvalue weighted by Gasteiger charge is -2.46. The molecular weight excluding hydrogens is 387 g/mol. The molecule has 1 aromatic rings. The highest BCUT2D eigenvalue weighted by Crippen LogP contribution is 2.32. The second-order valence-electron chi connectivity index (χ2n) is 6.71. The van der Waals surface area contributed by atoms with Crippen LogP contribution >= 0.6 is 0 Å². The van der Waals surface area contributed by atoms with Crippen LogP contribution in [0.15, 0.2) is 18.2 Å². The van der Waals surface area contributed by atoms with Gasteiger partial charge < -0.3 is 25.4 Å². The first-order valence-electron chi connectivity index (χ1n) is 9.07. The highest BCUT2D eigenvalue weighted by molar-refractivity contribution is 5.75. The number of rotatable bonds is 3. The van der Waals surface area contributed by atoms with Crippen molar-refractivity contribution in [1.82, 2.24) is 10.2 Å². The van der Waals surface area contributed by atoms with Crippen molar-refractivity contribution in [2.24, 2.45) is 0 Å². The molecule has 2 aliphatic heterocycles. The summed E-state index contributed by atoms with van der Waals surface area (Å²) in [5.74, 6) is -1.21. The zero-order valence-corrected chi connectivity index (χ0v) is 16.2. The molecule has 4 N–H and O–H groups in total. The van der Waals surface area contributed by atoms with Crippen molar-refractivity contribution in [2.45, 2.75) is 31.4 Å². The van der Waals surface area contributed by atoms with Gasteiger partial charge in [0.2, 0.25) is 0 Å². The lowest BCUT2D eigenvalue weighted by Crippen LogP contribution is -2.57. The van der Waals surface area contributed by atoms with Crippen molar-refractivity contribution in [3.8, 4) is 0 Å². The topological polar surface area (TPSA) is 136 Å². The molecule has 10 heteroatoms. The number of aryl methyl sites for hydroxylation is 1. The van der Waals surface area contributed by atoms with Crippen LogP contribution in [0, 0.1) is 12.7 Å². The van der Waals surface area contributed by atoms with E-state index >= 15 is 0 Å². The van der Waals surface area contributed by atoms with Gasteiger partial charge in [0.15, 0.2) is 0 Å². The van der Waals surface area contributed by atoms with Crippen molar-refractivity contribution in [3.63, 3.8) is 0 Å². The number of aliphatic carboxylic acids is 1. The van der Waals surface area contributed by atoms with Gasteiger partial charge in [0.1, 0.15) is 11.9 Å². The van der Waals surface area contributed by atoms with Crippen molar-refractivity contribution in [2.75, 3.05) is 32.8 Å². The van der Waals surface area contributed by atoms with Crippen LogP contribution in [-0.2, 0) is 19.1 Å². The summed E-state index contributed by atoms with van der Waals surface area (Å²) in [6.45, 7) is 4.64. The van der Waals surface area contributed by atoms with E-state index in [9.17, 15) is 14.3 Å². The largest absolute Gasteiger partial charge is 0.483 e. The van der Waals surface area contributed by atoms with Crippen molar-refractivity contribution in [1.29, 1.82) is 0 Å². The molecule has 2 fully saturated rings. The molecule has 0 aromatic heterocycles. The predicted octanol–water partition coefficient (Wildman–Crippen LogP) is 1.12. The van der Waals surface area contributed by atoms with Gasteiger partial charge in [-0.15, -0.1) is 0 Å². The van der Waals surface area contributed by atoms with Crippen molar-refractivity contribution < 1.29 is 38.8 Å². The molecule has 2 saturated heterocycles. The molecule has 1 atom stereocenters. The maximum absolute atomic E-state index is 13.5. The first kappa shape index (κ1) is 24.5. The van der Waals surface area contributed by atoms with Gasteiger partial charge in [0, 0.05) is 13.1 Å². The van der Waals surface area contributed by atoms with Crippen LogP contribution in [-0.4, -0.2) is 77.5 Å². The number of carboxylic acid groups (broad SMARTS) is 3. The molecule has 2 heterocycles. The highest BCUT2D eigenvalue weighted by atomic mass is 19.1. The molecule has 9 nitrogen and oxygen atoms in total. The Morgan fingerprint density at radius 1 is 1.28 bits per heavy atom. The summed E-state index contributed by atoms with van der Waals surface area (Å²) in [7, 11) is 0. The minimum atomic E-state index is -0.901. The molecule has 1 spiro atoms. The van der Waals surface area contributed by atoms with Crippen LogP contribution < -0.4 is 5.32 Å². The number of nitrogens with one attached hydrogen (secondary N) is 1.